The zero-order chi connectivity index (χ0) is 30.5. The van der Waals surface area contributed by atoms with Crippen LogP contribution in [0.3, 0.4) is 0 Å². The van der Waals surface area contributed by atoms with Crippen molar-refractivity contribution in [3.63, 3.8) is 0 Å². The van der Waals surface area contributed by atoms with Crippen molar-refractivity contribution in [2.24, 2.45) is 11.7 Å². The standard InChI is InChI=1S/C32H25ClFN7O3/c33-24-6-2-1-4-20(24)21-5-3-7-25(28(21)34)38-32(44)23-11-19-14-40(19)30(23)27(42)15-41-26-9-8-17(18-12-36-16-37-13-18)10-22(26)29(39-41)31(35)43/h1-10,12-13,16,19,23,30H,11,14-15H2,(H2,35,43)(H,38,44)/t19?,23-,30+,40?/m0/s1. The summed E-state index contributed by atoms with van der Waals surface area (Å²) in [6, 6.07) is 16.4. The highest BCUT2D eigenvalue weighted by Crippen LogP contribution is 2.42. The monoisotopic (exact) mass is 609 g/mol. The Morgan fingerprint density at radius 3 is 2.55 bits per heavy atom. The van der Waals surface area contributed by atoms with Gasteiger partial charge in [0.05, 0.1) is 23.2 Å². The number of benzene rings is 3. The molecule has 2 amide bonds. The fraction of sp³-hybridized carbons (Fsp3) is 0.188. The molecular weight excluding hydrogens is 585 g/mol. The molecule has 0 saturated carbocycles. The highest BCUT2D eigenvalue weighted by Gasteiger charge is 2.56. The third-order valence-electron chi connectivity index (χ3n) is 8.29. The van der Waals surface area contributed by atoms with Gasteiger partial charge in [-0.15, -0.1) is 0 Å². The molecule has 2 fully saturated rings. The van der Waals surface area contributed by atoms with Gasteiger partial charge in [0.2, 0.25) is 5.91 Å². The first-order valence-electron chi connectivity index (χ1n) is 14.0. The first-order valence-corrected chi connectivity index (χ1v) is 14.4. The summed E-state index contributed by atoms with van der Waals surface area (Å²) < 4.78 is 17.0. The smallest absolute Gasteiger partial charge is 0.269 e. The highest BCUT2D eigenvalue weighted by molar-refractivity contribution is 6.33. The Bertz CT molecular complexity index is 1960. The Labute approximate surface area is 255 Å². The number of anilines is 1. The minimum Gasteiger partial charge on any atom is -0.364 e. The van der Waals surface area contributed by atoms with Crippen LogP contribution in [0.1, 0.15) is 16.9 Å². The van der Waals surface area contributed by atoms with Crippen LogP contribution in [0.2, 0.25) is 5.02 Å². The molecule has 4 heterocycles. The minimum absolute atomic E-state index is 0.0120. The van der Waals surface area contributed by atoms with Crippen LogP contribution in [0, 0.1) is 11.7 Å². The number of rotatable bonds is 8. The molecule has 2 aliphatic heterocycles. The molecule has 2 aliphatic rings. The molecule has 12 heteroatoms. The van der Waals surface area contributed by atoms with Gasteiger partial charge < -0.3 is 11.1 Å². The van der Waals surface area contributed by atoms with Crippen LogP contribution in [-0.4, -0.2) is 60.9 Å². The second kappa shape index (κ2) is 10.9. The van der Waals surface area contributed by atoms with Gasteiger partial charge in [0.15, 0.2) is 17.3 Å². The summed E-state index contributed by atoms with van der Waals surface area (Å²) in [7, 11) is 0. The van der Waals surface area contributed by atoms with Crippen LogP contribution >= 0.6 is 11.6 Å². The van der Waals surface area contributed by atoms with Gasteiger partial charge in [0, 0.05) is 52.1 Å². The van der Waals surface area contributed by atoms with Crippen molar-refractivity contribution in [3.8, 4) is 22.3 Å². The number of carbonyl (C=O) groups is 3. The van der Waals surface area contributed by atoms with Crippen LogP contribution in [0.4, 0.5) is 10.1 Å². The number of halogens is 2. The van der Waals surface area contributed by atoms with Crippen LogP contribution in [0.5, 0.6) is 0 Å². The molecule has 2 saturated heterocycles. The number of ketones is 1. The van der Waals surface area contributed by atoms with Crippen molar-refractivity contribution in [3.05, 3.63) is 95.9 Å². The Morgan fingerprint density at radius 2 is 1.77 bits per heavy atom. The lowest BCUT2D eigenvalue weighted by atomic mass is 9.93. The van der Waals surface area contributed by atoms with Gasteiger partial charge in [-0.05, 0) is 36.2 Å². The predicted molar refractivity (Wildman–Crippen MR) is 162 cm³/mol. The van der Waals surface area contributed by atoms with Crippen molar-refractivity contribution in [1.29, 1.82) is 0 Å². The van der Waals surface area contributed by atoms with Gasteiger partial charge in [-0.25, -0.2) is 14.4 Å². The Balaban J connectivity index is 1.14. The molecule has 5 aromatic rings. The Kier molecular flexibility index (Phi) is 6.91. The van der Waals surface area contributed by atoms with Crippen LogP contribution < -0.4 is 11.1 Å². The second-order valence-corrected chi connectivity index (χ2v) is 11.4. The molecule has 0 radical (unpaired) electrons. The van der Waals surface area contributed by atoms with Crippen molar-refractivity contribution in [1.82, 2.24) is 24.6 Å². The molecule has 10 nitrogen and oxygen atoms in total. The second-order valence-electron chi connectivity index (χ2n) is 11.0. The fourth-order valence-corrected chi connectivity index (χ4v) is 6.39. The van der Waals surface area contributed by atoms with Gasteiger partial charge in [-0.2, -0.15) is 5.10 Å². The van der Waals surface area contributed by atoms with Crippen LogP contribution in [0.15, 0.2) is 79.4 Å². The molecule has 7 rings (SSSR count). The number of fused-ring (bicyclic) bond motifs is 2. The van der Waals surface area contributed by atoms with E-state index >= 15 is 4.39 Å². The molecule has 0 bridgehead atoms. The molecule has 2 aromatic heterocycles. The summed E-state index contributed by atoms with van der Waals surface area (Å²) >= 11 is 6.29. The number of piperidine rings is 1. The maximum absolute atomic E-state index is 15.6. The number of hydrogen-bond acceptors (Lipinski definition) is 7. The molecule has 0 aliphatic carbocycles. The van der Waals surface area contributed by atoms with E-state index in [0.717, 1.165) is 11.1 Å². The van der Waals surface area contributed by atoms with E-state index < -0.39 is 29.6 Å². The van der Waals surface area contributed by atoms with E-state index in [1.165, 1.54) is 17.1 Å². The molecular formula is C32H25ClFN7O3. The molecule has 0 spiro atoms. The largest absolute Gasteiger partial charge is 0.364 e. The summed E-state index contributed by atoms with van der Waals surface area (Å²) in [6.07, 6.45) is 5.20. The number of hydrogen-bond donors (Lipinski definition) is 2. The Morgan fingerprint density at radius 1 is 1.00 bits per heavy atom. The number of nitrogens with zero attached hydrogens (tertiary/aromatic N) is 5. The maximum atomic E-state index is 15.6. The van der Waals surface area contributed by atoms with E-state index in [0.29, 0.717) is 34.5 Å². The van der Waals surface area contributed by atoms with E-state index in [1.54, 1.807) is 60.9 Å². The summed E-state index contributed by atoms with van der Waals surface area (Å²) in [4.78, 5) is 49.6. The first-order chi connectivity index (χ1) is 21.3. The van der Waals surface area contributed by atoms with Crippen LogP contribution in [-0.2, 0) is 16.1 Å². The molecule has 3 aromatic carbocycles. The van der Waals surface area contributed by atoms with E-state index in [9.17, 15) is 14.4 Å². The average Bonchev–Trinajstić information content (AvgIpc) is 3.53. The quantitative estimate of drug-likeness (QED) is 0.250. The lowest BCUT2D eigenvalue weighted by Crippen LogP contribution is -2.41. The van der Waals surface area contributed by atoms with E-state index in [2.05, 4.69) is 20.4 Å². The summed E-state index contributed by atoms with van der Waals surface area (Å²) in [5.41, 5.74) is 8.51. The zero-order valence-corrected chi connectivity index (χ0v) is 23.9. The number of carbonyl (C=O) groups excluding carboxylic acids is 3. The third kappa shape index (κ3) is 4.89. The van der Waals surface area contributed by atoms with Gasteiger partial charge in [0.25, 0.3) is 5.91 Å². The minimum atomic E-state index is -0.729. The number of Topliss-reactive ketones (excluding diaryl/α,β-unsaturated/α-hetero) is 1. The van der Waals surface area contributed by atoms with Gasteiger partial charge in [-0.3, -0.25) is 24.0 Å². The Hall–Kier alpha value is -5.00. The van der Waals surface area contributed by atoms with Gasteiger partial charge in [-0.1, -0.05) is 48.0 Å². The zero-order valence-electron chi connectivity index (χ0n) is 23.2. The van der Waals surface area contributed by atoms with E-state index in [-0.39, 0.29) is 35.3 Å². The van der Waals surface area contributed by atoms with Gasteiger partial charge in [0.1, 0.15) is 12.9 Å². The fourth-order valence-electron chi connectivity index (χ4n) is 6.15. The number of nitrogens with one attached hydrogen (secondary N) is 1. The number of amides is 2. The number of aromatic nitrogens is 4. The predicted octanol–water partition coefficient (Wildman–Crippen LogP) is 4.33. The molecule has 3 N–H and O–H groups in total. The van der Waals surface area contributed by atoms with Crippen LogP contribution in [0.25, 0.3) is 33.2 Å². The highest BCUT2D eigenvalue weighted by atomic mass is 35.5. The summed E-state index contributed by atoms with van der Waals surface area (Å²) in [5, 5.41) is 7.97. The molecule has 2 unspecified atom stereocenters. The third-order valence-corrected chi connectivity index (χ3v) is 8.62. The number of nitrogens with two attached hydrogens (primary N) is 1. The molecule has 44 heavy (non-hydrogen) atoms. The molecule has 4 atom stereocenters. The number of primary amides is 1. The first kappa shape index (κ1) is 27.8. The van der Waals surface area contributed by atoms with E-state index in [1.807, 2.05) is 11.0 Å². The molecule has 220 valence electrons. The lowest BCUT2D eigenvalue weighted by Gasteiger charge is -2.22. The van der Waals surface area contributed by atoms with Crippen molar-refractivity contribution in [2.45, 2.75) is 25.0 Å². The van der Waals surface area contributed by atoms with E-state index in [4.69, 9.17) is 17.3 Å². The van der Waals surface area contributed by atoms with Gasteiger partial charge >= 0.3 is 0 Å². The van der Waals surface area contributed by atoms with Crippen molar-refractivity contribution in [2.75, 3.05) is 11.9 Å². The van der Waals surface area contributed by atoms with Crippen molar-refractivity contribution >= 4 is 45.8 Å². The summed E-state index contributed by atoms with van der Waals surface area (Å²) in [5.74, 6) is -2.71. The topological polar surface area (TPSA) is 136 Å². The normalized spacial score (nSPS) is 20.3. The van der Waals surface area contributed by atoms with Crippen molar-refractivity contribution < 1.29 is 18.8 Å². The maximum Gasteiger partial charge on any atom is 0.269 e. The lowest BCUT2D eigenvalue weighted by molar-refractivity contribution is -0.129. The SMILES string of the molecule is NC(=O)c1nn(CC(=O)[C@H]2[C@@H](C(=O)Nc3cccc(-c4ccccc4Cl)c3F)CC3CN32)c2ccc(-c3cncnc3)cc12. The summed E-state index contributed by atoms with van der Waals surface area (Å²) in [6.45, 7) is 0.525. The average molecular weight is 610 g/mol.